The molecular weight excluding hydrogens is 366 g/mol. The Labute approximate surface area is 150 Å². The molecule has 2 aromatic rings. The monoisotopic (exact) mass is 385 g/mol. The van der Waals surface area contributed by atoms with Crippen molar-refractivity contribution in [2.45, 2.75) is 33.6 Å². The summed E-state index contributed by atoms with van der Waals surface area (Å²) in [5.74, 6) is -0.519. The molecular formula is C20H20BrNO2. The van der Waals surface area contributed by atoms with Crippen LogP contribution in [-0.2, 0) is 16.0 Å². The van der Waals surface area contributed by atoms with Crippen LogP contribution in [0.25, 0.3) is 0 Å². The van der Waals surface area contributed by atoms with E-state index in [2.05, 4.69) is 34.1 Å². The smallest absolute Gasteiger partial charge is 0.237 e. The number of carbonyl (C=O) groups is 2. The lowest BCUT2D eigenvalue weighted by Crippen LogP contribution is -2.31. The van der Waals surface area contributed by atoms with Crippen LogP contribution in [0.4, 0.5) is 5.69 Å². The van der Waals surface area contributed by atoms with Gasteiger partial charge < -0.3 is 0 Å². The standard InChI is InChI=1S/C20H20BrNO2/c1-12-4-5-18(17(21)9-12)22-19(23)11-16(20(22)24)10-15-7-13(2)6-14(3)8-15/h4-9,16H,10-11H2,1-3H3/t16-/m0/s1. The lowest BCUT2D eigenvalue weighted by molar-refractivity contribution is -0.122. The maximum Gasteiger partial charge on any atom is 0.237 e. The third-order valence-corrected chi connectivity index (χ3v) is 4.98. The van der Waals surface area contributed by atoms with E-state index in [9.17, 15) is 9.59 Å². The summed E-state index contributed by atoms with van der Waals surface area (Å²) in [4.78, 5) is 26.6. The molecule has 3 nitrogen and oxygen atoms in total. The van der Waals surface area contributed by atoms with Gasteiger partial charge in [0.1, 0.15) is 0 Å². The first-order chi connectivity index (χ1) is 11.3. The van der Waals surface area contributed by atoms with Crippen molar-refractivity contribution in [2.75, 3.05) is 4.90 Å². The molecule has 1 saturated heterocycles. The quantitative estimate of drug-likeness (QED) is 0.729. The second-order valence-corrected chi connectivity index (χ2v) is 7.48. The summed E-state index contributed by atoms with van der Waals surface area (Å²) >= 11 is 3.47. The van der Waals surface area contributed by atoms with Gasteiger partial charge in [0.05, 0.1) is 11.6 Å². The summed E-state index contributed by atoms with van der Waals surface area (Å²) in [6.45, 7) is 6.08. The highest BCUT2D eigenvalue weighted by molar-refractivity contribution is 9.10. The Morgan fingerprint density at radius 2 is 1.67 bits per heavy atom. The molecule has 0 aromatic heterocycles. The predicted octanol–water partition coefficient (Wildman–Crippen LogP) is 4.50. The van der Waals surface area contributed by atoms with Crippen LogP contribution in [0.15, 0.2) is 40.9 Å². The number of hydrogen-bond acceptors (Lipinski definition) is 2. The van der Waals surface area contributed by atoms with Gasteiger partial charge >= 0.3 is 0 Å². The van der Waals surface area contributed by atoms with Crippen molar-refractivity contribution in [1.29, 1.82) is 0 Å². The van der Waals surface area contributed by atoms with Crippen molar-refractivity contribution in [2.24, 2.45) is 5.92 Å². The Bertz CT molecular complexity index is 808. The van der Waals surface area contributed by atoms with Crippen LogP contribution in [0, 0.1) is 26.7 Å². The van der Waals surface area contributed by atoms with Gasteiger partial charge in [0, 0.05) is 10.9 Å². The minimum atomic E-state index is -0.285. The second-order valence-electron chi connectivity index (χ2n) is 6.62. The van der Waals surface area contributed by atoms with Gasteiger partial charge in [-0.05, 0) is 66.4 Å². The van der Waals surface area contributed by atoms with Gasteiger partial charge in [-0.2, -0.15) is 0 Å². The number of aryl methyl sites for hydroxylation is 3. The molecule has 1 aliphatic heterocycles. The zero-order valence-corrected chi connectivity index (χ0v) is 15.7. The number of amides is 2. The van der Waals surface area contributed by atoms with Crippen molar-refractivity contribution in [3.8, 4) is 0 Å². The van der Waals surface area contributed by atoms with Crippen molar-refractivity contribution in [1.82, 2.24) is 0 Å². The fourth-order valence-electron chi connectivity index (χ4n) is 3.37. The SMILES string of the molecule is Cc1cc(C)cc(C[C@H]2CC(=O)N(c3ccc(C)cc3Br)C2=O)c1. The summed E-state index contributed by atoms with van der Waals surface area (Å²) in [6, 6.07) is 12.0. The van der Waals surface area contributed by atoms with Crippen LogP contribution >= 0.6 is 15.9 Å². The molecule has 4 heteroatoms. The molecule has 3 rings (SSSR count). The summed E-state index contributed by atoms with van der Waals surface area (Å²) < 4.78 is 0.774. The molecule has 0 aliphatic carbocycles. The molecule has 1 atom stereocenters. The van der Waals surface area contributed by atoms with Gasteiger partial charge in [0.15, 0.2) is 0 Å². The number of hydrogen-bond donors (Lipinski definition) is 0. The molecule has 0 spiro atoms. The maximum atomic E-state index is 12.8. The highest BCUT2D eigenvalue weighted by Crippen LogP contribution is 2.34. The van der Waals surface area contributed by atoms with Gasteiger partial charge in [-0.3, -0.25) is 9.59 Å². The van der Waals surface area contributed by atoms with Gasteiger partial charge in [0.2, 0.25) is 11.8 Å². The Morgan fingerprint density at radius 3 is 2.29 bits per heavy atom. The van der Waals surface area contributed by atoms with Gasteiger partial charge in [0.25, 0.3) is 0 Å². The topological polar surface area (TPSA) is 37.4 Å². The number of nitrogens with zero attached hydrogens (tertiary/aromatic N) is 1. The van der Waals surface area contributed by atoms with E-state index in [1.165, 1.54) is 16.0 Å². The molecule has 0 unspecified atom stereocenters. The second kappa shape index (κ2) is 6.52. The zero-order valence-electron chi connectivity index (χ0n) is 14.1. The molecule has 1 fully saturated rings. The third-order valence-electron chi connectivity index (χ3n) is 4.35. The lowest BCUT2D eigenvalue weighted by atomic mass is 9.95. The van der Waals surface area contributed by atoms with E-state index in [1.54, 1.807) is 0 Å². The average molecular weight is 386 g/mol. The predicted molar refractivity (Wildman–Crippen MR) is 99.1 cm³/mol. The number of carbonyl (C=O) groups excluding carboxylic acids is 2. The maximum absolute atomic E-state index is 12.8. The minimum Gasteiger partial charge on any atom is -0.274 e. The first-order valence-electron chi connectivity index (χ1n) is 8.05. The van der Waals surface area contributed by atoms with Crippen LogP contribution in [0.2, 0.25) is 0 Å². The van der Waals surface area contributed by atoms with Crippen molar-refractivity contribution >= 4 is 33.4 Å². The Kier molecular flexibility index (Phi) is 4.59. The minimum absolute atomic E-state index is 0.108. The van der Waals surface area contributed by atoms with Crippen LogP contribution in [-0.4, -0.2) is 11.8 Å². The van der Waals surface area contributed by atoms with E-state index in [0.29, 0.717) is 12.1 Å². The van der Waals surface area contributed by atoms with Crippen LogP contribution < -0.4 is 4.90 Å². The first kappa shape index (κ1) is 16.9. The van der Waals surface area contributed by atoms with Gasteiger partial charge in [-0.25, -0.2) is 4.90 Å². The molecule has 24 heavy (non-hydrogen) atoms. The van der Waals surface area contributed by atoms with Crippen LogP contribution in [0.5, 0.6) is 0 Å². The van der Waals surface area contributed by atoms with E-state index in [0.717, 1.165) is 15.6 Å². The highest BCUT2D eigenvalue weighted by Gasteiger charge is 2.40. The summed E-state index contributed by atoms with van der Waals surface area (Å²) in [5, 5.41) is 0. The molecule has 1 aliphatic rings. The Balaban J connectivity index is 1.86. The largest absolute Gasteiger partial charge is 0.274 e. The van der Waals surface area contributed by atoms with Crippen molar-refractivity contribution < 1.29 is 9.59 Å². The summed E-state index contributed by atoms with van der Waals surface area (Å²) in [7, 11) is 0. The zero-order chi connectivity index (χ0) is 17.4. The van der Waals surface area contributed by atoms with Crippen LogP contribution in [0.3, 0.4) is 0 Å². The molecule has 2 aromatic carbocycles. The summed E-state index contributed by atoms with van der Waals surface area (Å²) in [6.07, 6.45) is 0.874. The van der Waals surface area contributed by atoms with Gasteiger partial charge in [-0.1, -0.05) is 35.4 Å². The van der Waals surface area contributed by atoms with E-state index in [1.807, 2.05) is 39.0 Å². The number of benzene rings is 2. The Morgan fingerprint density at radius 1 is 1.00 bits per heavy atom. The molecule has 2 amide bonds. The number of rotatable bonds is 3. The summed E-state index contributed by atoms with van der Waals surface area (Å²) in [5.41, 5.74) is 5.19. The van der Waals surface area contributed by atoms with Crippen molar-refractivity contribution in [3.05, 3.63) is 63.1 Å². The number of imide groups is 1. The van der Waals surface area contributed by atoms with E-state index in [-0.39, 0.29) is 24.2 Å². The van der Waals surface area contributed by atoms with E-state index in [4.69, 9.17) is 0 Å². The number of halogens is 1. The third kappa shape index (κ3) is 3.29. The molecule has 0 bridgehead atoms. The van der Waals surface area contributed by atoms with Crippen molar-refractivity contribution in [3.63, 3.8) is 0 Å². The molecule has 0 radical (unpaired) electrons. The first-order valence-corrected chi connectivity index (χ1v) is 8.84. The molecule has 124 valence electrons. The fraction of sp³-hybridized carbons (Fsp3) is 0.300. The average Bonchev–Trinajstić information content (AvgIpc) is 2.73. The van der Waals surface area contributed by atoms with E-state index < -0.39 is 0 Å². The highest BCUT2D eigenvalue weighted by atomic mass is 79.9. The van der Waals surface area contributed by atoms with Crippen LogP contribution in [0.1, 0.15) is 28.7 Å². The molecule has 0 N–H and O–H groups in total. The normalized spacial score (nSPS) is 17.7. The fourth-order valence-corrected chi connectivity index (χ4v) is 4.04. The molecule has 1 heterocycles. The number of anilines is 1. The molecule has 0 saturated carbocycles. The Hall–Kier alpha value is -1.94. The lowest BCUT2D eigenvalue weighted by Gasteiger charge is -2.17. The van der Waals surface area contributed by atoms with Gasteiger partial charge in [-0.15, -0.1) is 0 Å². The van der Waals surface area contributed by atoms with E-state index >= 15 is 0 Å².